The molecule has 4 N–H and O–H groups in total. The van der Waals surface area contributed by atoms with Crippen LogP contribution in [0.15, 0.2) is 34.1 Å². The first-order valence-electron chi connectivity index (χ1n) is 4.93. The van der Waals surface area contributed by atoms with Gasteiger partial charge in [-0.15, -0.1) is 0 Å². The Bertz CT molecular complexity index is 624. The third kappa shape index (κ3) is 3.75. The molecular formula is C9H14N2O5S2. The van der Waals surface area contributed by atoms with Crippen molar-refractivity contribution < 1.29 is 21.9 Å². The number of nitrogens with one attached hydrogen (secondary N) is 1. The maximum Gasteiger partial charge on any atom is 0.240 e. The summed E-state index contributed by atoms with van der Waals surface area (Å²) in [6.45, 7) is 1.11. The van der Waals surface area contributed by atoms with Crippen molar-refractivity contribution in [3.63, 3.8) is 0 Å². The highest BCUT2D eigenvalue weighted by atomic mass is 32.2. The van der Waals surface area contributed by atoms with Crippen molar-refractivity contribution in [3.8, 4) is 0 Å². The number of nitrogens with two attached hydrogens (primary N) is 1. The van der Waals surface area contributed by atoms with Gasteiger partial charge in [-0.1, -0.05) is 6.07 Å². The Kier molecular flexibility index (Phi) is 4.46. The first kappa shape index (κ1) is 15.1. The molecule has 0 saturated carbocycles. The van der Waals surface area contributed by atoms with Crippen LogP contribution in [0.3, 0.4) is 0 Å². The summed E-state index contributed by atoms with van der Waals surface area (Å²) in [7, 11) is -7.85. The van der Waals surface area contributed by atoms with Crippen LogP contribution in [0, 0.1) is 0 Å². The van der Waals surface area contributed by atoms with E-state index in [2.05, 4.69) is 4.72 Å². The van der Waals surface area contributed by atoms with E-state index < -0.39 is 26.1 Å². The highest BCUT2D eigenvalue weighted by Crippen LogP contribution is 2.14. The zero-order valence-electron chi connectivity index (χ0n) is 9.57. The number of hydrogen-bond acceptors (Lipinski definition) is 5. The van der Waals surface area contributed by atoms with Gasteiger partial charge in [0.05, 0.1) is 16.4 Å². The Morgan fingerprint density at radius 2 is 1.83 bits per heavy atom. The maximum atomic E-state index is 11.8. The summed E-state index contributed by atoms with van der Waals surface area (Å²) in [5, 5.41) is 13.7. The van der Waals surface area contributed by atoms with E-state index >= 15 is 0 Å². The number of aliphatic hydroxyl groups is 1. The highest BCUT2D eigenvalue weighted by molar-refractivity contribution is 7.90. The molecule has 1 aromatic carbocycles. The molecule has 0 unspecified atom stereocenters. The van der Waals surface area contributed by atoms with Gasteiger partial charge in [0, 0.05) is 6.04 Å². The van der Waals surface area contributed by atoms with E-state index in [1.165, 1.54) is 25.1 Å². The zero-order chi connectivity index (χ0) is 14.0. The molecule has 0 aliphatic carbocycles. The van der Waals surface area contributed by atoms with Crippen LogP contribution in [-0.2, 0) is 20.0 Å². The monoisotopic (exact) mass is 294 g/mol. The minimum absolute atomic E-state index is 0.227. The topological polar surface area (TPSA) is 127 Å². The fourth-order valence-electron chi connectivity index (χ4n) is 1.19. The second-order valence-corrected chi connectivity index (χ2v) is 7.00. The lowest BCUT2D eigenvalue weighted by Crippen LogP contribution is -2.35. The molecule has 7 nitrogen and oxygen atoms in total. The van der Waals surface area contributed by atoms with E-state index in [0.717, 1.165) is 6.07 Å². The van der Waals surface area contributed by atoms with Gasteiger partial charge in [0.25, 0.3) is 0 Å². The molecule has 0 heterocycles. The van der Waals surface area contributed by atoms with Crippen LogP contribution >= 0.6 is 0 Å². The molecular weight excluding hydrogens is 280 g/mol. The quantitative estimate of drug-likeness (QED) is 0.641. The molecule has 102 valence electrons. The van der Waals surface area contributed by atoms with Crippen LogP contribution < -0.4 is 9.86 Å². The molecule has 0 aliphatic heterocycles. The number of rotatable bonds is 5. The average Bonchev–Trinajstić information content (AvgIpc) is 2.27. The van der Waals surface area contributed by atoms with E-state index in [4.69, 9.17) is 10.2 Å². The third-order valence-corrected chi connectivity index (χ3v) is 4.57. The SMILES string of the molecule is C[C@H](CO)NS(=O)(=O)c1cccc(S(N)(=O)=O)c1. The summed E-state index contributed by atoms with van der Waals surface area (Å²) in [4.78, 5) is -0.517. The molecule has 0 fully saturated rings. The van der Waals surface area contributed by atoms with E-state index in [9.17, 15) is 16.8 Å². The first-order valence-corrected chi connectivity index (χ1v) is 7.96. The van der Waals surface area contributed by atoms with Gasteiger partial charge in [0.2, 0.25) is 20.0 Å². The lowest BCUT2D eigenvalue weighted by molar-refractivity contribution is 0.265. The normalized spacial score (nSPS) is 14.4. The molecule has 0 radical (unpaired) electrons. The van der Waals surface area contributed by atoms with Gasteiger partial charge in [-0.25, -0.2) is 26.7 Å². The fraction of sp³-hybridized carbons (Fsp3) is 0.333. The summed E-state index contributed by atoms with van der Waals surface area (Å²) < 4.78 is 48.1. The standard InChI is InChI=1S/C9H14N2O5S2/c1-7(6-12)11-18(15,16)9-4-2-3-8(5-9)17(10,13)14/h2-5,7,11-12H,6H2,1H3,(H2,10,13,14)/t7-/m1/s1. The number of benzene rings is 1. The number of aliphatic hydroxyl groups excluding tert-OH is 1. The number of hydrogen-bond donors (Lipinski definition) is 3. The van der Waals surface area contributed by atoms with Crippen molar-refractivity contribution in [1.82, 2.24) is 4.72 Å². The molecule has 0 amide bonds. The smallest absolute Gasteiger partial charge is 0.240 e. The van der Waals surface area contributed by atoms with Crippen molar-refractivity contribution in [1.29, 1.82) is 0 Å². The summed E-state index contributed by atoms with van der Waals surface area (Å²) in [6.07, 6.45) is 0. The van der Waals surface area contributed by atoms with Crippen molar-refractivity contribution in [2.24, 2.45) is 5.14 Å². The number of sulfonamides is 2. The van der Waals surface area contributed by atoms with Gasteiger partial charge in [0.1, 0.15) is 0 Å². The molecule has 0 spiro atoms. The fourth-order valence-corrected chi connectivity index (χ4v) is 3.10. The van der Waals surface area contributed by atoms with Crippen LogP contribution in [0.1, 0.15) is 6.92 Å². The van der Waals surface area contributed by atoms with Gasteiger partial charge < -0.3 is 5.11 Å². The van der Waals surface area contributed by atoms with Crippen LogP contribution in [0.25, 0.3) is 0 Å². The van der Waals surface area contributed by atoms with E-state index in [1.54, 1.807) is 0 Å². The molecule has 1 atom stereocenters. The van der Waals surface area contributed by atoms with E-state index in [-0.39, 0.29) is 16.4 Å². The van der Waals surface area contributed by atoms with Crippen LogP contribution in [-0.4, -0.2) is 34.6 Å². The lowest BCUT2D eigenvalue weighted by Gasteiger charge is -2.11. The van der Waals surface area contributed by atoms with Crippen molar-refractivity contribution in [2.45, 2.75) is 22.8 Å². The largest absolute Gasteiger partial charge is 0.395 e. The Balaban J connectivity index is 3.19. The Hall–Kier alpha value is -1.00. The van der Waals surface area contributed by atoms with Crippen molar-refractivity contribution >= 4 is 20.0 Å². The molecule has 1 rings (SSSR count). The van der Waals surface area contributed by atoms with E-state index in [1.807, 2.05) is 0 Å². The van der Waals surface area contributed by atoms with Gasteiger partial charge in [-0.3, -0.25) is 0 Å². The van der Waals surface area contributed by atoms with Crippen LogP contribution in [0.4, 0.5) is 0 Å². The van der Waals surface area contributed by atoms with Crippen LogP contribution in [0.5, 0.6) is 0 Å². The predicted molar refractivity (Wildman–Crippen MR) is 64.7 cm³/mol. The van der Waals surface area contributed by atoms with Gasteiger partial charge >= 0.3 is 0 Å². The third-order valence-electron chi connectivity index (χ3n) is 2.07. The van der Waals surface area contributed by atoms with Crippen molar-refractivity contribution in [3.05, 3.63) is 24.3 Å². The highest BCUT2D eigenvalue weighted by Gasteiger charge is 2.19. The van der Waals surface area contributed by atoms with Gasteiger partial charge in [0.15, 0.2) is 0 Å². The first-order chi connectivity index (χ1) is 8.16. The van der Waals surface area contributed by atoms with Gasteiger partial charge in [-0.2, -0.15) is 0 Å². The molecule has 0 bridgehead atoms. The molecule has 9 heteroatoms. The zero-order valence-corrected chi connectivity index (χ0v) is 11.2. The predicted octanol–water partition coefficient (Wildman–Crippen LogP) is -1.01. The summed E-state index contributed by atoms with van der Waals surface area (Å²) >= 11 is 0. The molecule has 1 aromatic rings. The Morgan fingerprint density at radius 1 is 1.28 bits per heavy atom. The minimum Gasteiger partial charge on any atom is -0.395 e. The second-order valence-electron chi connectivity index (χ2n) is 3.72. The summed E-state index contributed by atoms with van der Waals surface area (Å²) in [6, 6.07) is 4.00. The summed E-state index contributed by atoms with van der Waals surface area (Å²) in [5.74, 6) is 0. The van der Waals surface area contributed by atoms with Gasteiger partial charge in [-0.05, 0) is 25.1 Å². The minimum atomic E-state index is -3.96. The molecule has 0 saturated heterocycles. The van der Waals surface area contributed by atoms with E-state index in [0.29, 0.717) is 0 Å². The Labute approximate surface area is 106 Å². The average molecular weight is 294 g/mol. The molecule has 0 aromatic heterocycles. The Morgan fingerprint density at radius 3 is 2.33 bits per heavy atom. The number of primary sulfonamides is 1. The lowest BCUT2D eigenvalue weighted by atomic mass is 10.4. The second kappa shape index (κ2) is 5.33. The summed E-state index contributed by atoms with van der Waals surface area (Å²) in [5.41, 5.74) is 0. The molecule has 18 heavy (non-hydrogen) atoms. The van der Waals surface area contributed by atoms with Crippen molar-refractivity contribution in [2.75, 3.05) is 6.61 Å². The maximum absolute atomic E-state index is 11.8. The van der Waals surface area contributed by atoms with Crippen LogP contribution in [0.2, 0.25) is 0 Å². The molecule has 0 aliphatic rings.